The van der Waals surface area contributed by atoms with Crippen molar-refractivity contribution in [3.05, 3.63) is 34.8 Å². The van der Waals surface area contributed by atoms with Gasteiger partial charge in [0.05, 0.1) is 23.3 Å². The van der Waals surface area contributed by atoms with Gasteiger partial charge in [0, 0.05) is 6.20 Å². The van der Waals surface area contributed by atoms with Gasteiger partial charge < -0.3 is 10.6 Å². The van der Waals surface area contributed by atoms with Crippen molar-refractivity contribution in [1.82, 2.24) is 15.1 Å². The van der Waals surface area contributed by atoms with Crippen LogP contribution in [0.4, 0.5) is 18.9 Å². The molecule has 0 aromatic carbocycles. The Bertz CT molecular complexity index is 652. The average Bonchev–Trinajstić information content (AvgIpc) is 3.06. The molecule has 0 saturated heterocycles. The topological polar surface area (TPSA) is 76.0 Å². The fourth-order valence-electron chi connectivity index (χ4n) is 1.56. The Morgan fingerprint density at radius 3 is 2.77 bits per heavy atom. The van der Waals surface area contributed by atoms with Gasteiger partial charge in [0.25, 0.3) is 5.91 Å². The first kappa shape index (κ1) is 16.0. The Morgan fingerprint density at radius 1 is 1.36 bits per heavy atom. The van der Waals surface area contributed by atoms with Crippen LogP contribution in [0.5, 0.6) is 0 Å². The van der Waals surface area contributed by atoms with E-state index in [2.05, 4.69) is 15.7 Å². The quantitative estimate of drug-likeness (QED) is 0.878. The van der Waals surface area contributed by atoms with Crippen LogP contribution in [0.2, 0.25) is 0 Å². The molecule has 2 rings (SSSR count). The number of alkyl halides is 3. The van der Waals surface area contributed by atoms with Crippen LogP contribution in [-0.4, -0.2) is 34.3 Å². The monoisotopic (exact) mass is 332 g/mol. The molecule has 2 aromatic rings. The van der Waals surface area contributed by atoms with Crippen molar-refractivity contribution in [2.45, 2.75) is 12.7 Å². The van der Waals surface area contributed by atoms with Crippen LogP contribution >= 0.6 is 11.3 Å². The maximum absolute atomic E-state index is 12.2. The van der Waals surface area contributed by atoms with Gasteiger partial charge in [-0.25, -0.2) is 0 Å². The lowest BCUT2D eigenvalue weighted by molar-refractivity contribution is -0.142. The Morgan fingerprint density at radius 2 is 2.14 bits per heavy atom. The predicted octanol–water partition coefficient (Wildman–Crippen LogP) is 1.88. The molecule has 0 fully saturated rings. The highest BCUT2D eigenvalue weighted by atomic mass is 32.1. The number of hydrogen-bond acceptors (Lipinski definition) is 4. The van der Waals surface area contributed by atoms with E-state index in [1.807, 2.05) is 0 Å². The highest BCUT2D eigenvalue weighted by Gasteiger charge is 2.28. The van der Waals surface area contributed by atoms with Crippen LogP contribution in [0.1, 0.15) is 9.67 Å². The molecule has 0 spiro atoms. The molecule has 0 aliphatic heterocycles. The molecular formula is C12H11F3N4O2S. The van der Waals surface area contributed by atoms with Gasteiger partial charge >= 0.3 is 6.18 Å². The molecule has 118 valence electrons. The fourth-order valence-corrected chi connectivity index (χ4v) is 2.20. The predicted molar refractivity (Wildman–Crippen MR) is 73.6 cm³/mol. The molecule has 0 aliphatic rings. The van der Waals surface area contributed by atoms with Crippen LogP contribution in [0.25, 0.3) is 0 Å². The number of thiophene rings is 1. The molecule has 2 N–H and O–H groups in total. The van der Waals surface area contributed by atoms with E-state index in [0.717, 1.165) is 12.4 Å². The highest BCUT2D eigenvalue weighted by Crippen LogP contribution is 2.18. The number of nitrogens with one attached hydrogen (secondary N) is 2. The van der Waals surface area contributed by atoms with Gasteiger partial charge in [0.2, 0.25) is 5.91 Å². The third-order valence-corrected chi connectivity index (χ3v) is 3.28. The van der Waals surface area contributed by atoms with Gasteiger partial charge in [0.1, 0.15) is 6.54 Å². The third kappa shape index (κ3) is 4.88. The summed E-state index contributed by atoms with van der Waals surface area (Å²) in [5, 5.41) is 9.96. The second-order valence-electron chi connectivity index (χ2n) is 4.25. The molecule has 0 aliphatic carbocycles. The normalized spacial score (nSPS) is 11.2. The van der Waals surface area contributed by atoms with E-state index < -0.39 is 24.5 Å². The van der Waals surface area contributed by atoms with Crippen molar-refractivity contribution in [3.8, 4) is 0 Å². The largest absolute Gasteiger partial charge is 0.408 e. The van der Waals surface area contributed by atoms with E-state index in [1.54, 1.807) is 17.5 Å². The summed E-state index contributed by atoms with van der Waals surface area (Å²) in [6.07, 6.45) is -2.22. The van der Waals surface area contributed by atoms with Crippen LogP contribution in [0.3, 0.4) is 0 Å². The SMILES string of the molecule is O=C(CNC(=O)c1cccs1)Nc1cnn(CC(F)(F)F)c1. The number of rotatable bonds is 5. The van der Waals surface area contributed by atoms with Crippen molar-refractivity contribution in [3.63, 3.8) is 0 Å². The Kier molecular flexibility index (Phi) is 4.81. The minimum Gasteiger partial charge on any atom is -0.342 e. The van der Waals surface area contributed by atoms with Gasteiger partial charge in [0.15, 0.2) is 0 Å². The summed E-state index contributed by atoms with van der Waals surface area (Å²) in [5.74, 6) is -0.950. The number of anilines is 1. The van der Waals surface area contributed by atoms with Crippen LogP contribution in [0.15, 0.2) is 29.9 Å². The summed E-state index contributed by atoms with van der Waals surface area (Å²) in [7, 11) is 0. The third-order valence-electron chi connectivity index (χ3n) is 2.41. The second-order valence-corrected chi connectivity index (χ2v) is 5.20. The summed E-state index contributed by atoms with van der Waals surface area (Å²) in [6, 6.07) is 3.31. The standard InChI is InChI=1S/C12H11F3N4O2S/c13-12(14,15)7-19-6-8(4-17-19)18-10(20)5-16-11(21)9-2-1-3-22-9/h1-4,6H,5,7H2,(H,16,21)(H,18,20). The van der Waals surface area contributed by atoms with E-state index in [4.69, 9.17) is 0 Å². The molecule has 6 nitrogen and oxygen atoms in total. The van der Waals surface area contributed by atoms with E-state index in [-0.39, 0.29) is 12.2 Å². The summed E-state index contributed by atoms with van der Waals surface area (Å²) < 4.78 is 37.2. The Labute approximate surface area is 126 Å². The van der Waals surface area contributed by atoms with Gasteiger partial charge in [-0.05, 0) is 11.4 Å². The first-order valence-corrected chi connectivity index (χ1v) is 6.92. The van der Waals surface area contributed by atoms with Crippen LogP contribution in [-0.2, 0) is 11.3 Å². The fraction of sp³-hybridized carbons (Fsp3) is 0.250. The van der Waals surface area contributed by atoms with Crippen molar-refractivity contribution in [2.24, 2.45) is 0 Å². The smallest absolute Gasteiger partial charge is 0.342 e. The molecular weight excluding hydrogens is 321 g/mol. The van der Waals surface area contributed by atoms with E-state index >= 15 is 0 Å². The van der Waals surface area contributed by atoms with Crippen molar-refractivity contribution in [1.29, 1.82) is 0 Å². The summed E-state index contributed by atoms with van der Waals surface area (Å²) in [5.41, 5.74) is 0.125. The first-order valence-electron chi connectivity index (χ1n) is 6.04. The molecule has 22 heavy (non-hydrogen) atoms. The minimum absolute atomic E-state index is 0.125. The lowest BCUT2D eigenvalue weighted by Crippen LogP contribution is -2.32. The van der Waals surface area contributed by atoms with Crippen molar-refractivity contribution < 1.29 is 22.8 Å². The average molecular weight is 332 g/mol. The molecule has 0 radical (unpaired) electrons. The molecule has 2 amide bonds. The van der Waals surface area contributed by atoms with Gasteiger partial charge in [-0.3, -0.25) is 14.3 Å². The zero-order chi connectivity index (χ0) is 16.2. The zero-order valence-electron chi connectivity index (χ0n) is 11.1. The number of hydrogen-bond donors (Lipinski definition) is 2. The Balaban J connectivity index is 1.81. The molecule has 0 bridgehead atoms. The summed E-state index contributed by atoms with van der Waals surface area (Å²) >= 11 is 1.23. The molecule has 2 aromatic heterocycles. The minimum atomic E-state index is -4.39. The number of nitrogens with zero attached hydrogens (tertiary/aromatic N) is 2. The van der Waals surface area contributed by atoms with Gasteiger partial charge in [-0.15, -0.1) is 11.3 Å². The van der Waals surface area contributed by atoms with Crippen LogP contribution in [0, 0.1) is 0 Å². The number of aromatic nitrogens is 2. The number of carbonyl (C=O) groups excluding carboxylic acids is 2. The molecule has 0 saturated carbocycles. The molecule has 0 atom stereocenters. The maximum Gasteiger partial charge on any atom is 0.408 e. The highest BCUT2D eigenvalue weighted by molar-refractivity contribution is 7.12. The van der Waals surface area contributed by atoms with E-state index in [9.17, 15) is 22.8 Å². The van der Waals surface area contributed by atoms with Gasteiger partial charge in [-0.2, -0.15) is 18.3 Å². The zero-order valence-corrected chi connectivity index (χ0v) is 11.9. The lowest BCUT2D eigenvalue weighted by Gasteiger charge is -2.05. The maximum atomic E-state index is 12.2. The first-order chi connectivity index (χ1) is 10.3. The van der Waals surface area contributed by atoms with Gasteiger partial charge in [-0.1, -0.05) is 6.07 Å². The second kappa shape index (κ2) is 6.60. The van der Waals surface area contributed by atoms with E-state index in [1.165, 1.54) is 11.3 Å². The number of amides is 2. The lowest BCUT2D eigenvalue weighted by atomic mass is 10.4. The molecule has 0 unspecified atom stereocenters. The van der Waals surface area contributed by atoms with E-state index in [0.29, 0.717) is 9.56 Å². The Hall–Kier alpha value is -2.36. The van der Waals surface area contributed by atoms with Crippen molar-refractivity contribution >= 4 is 28.8 Å². The summed E-state index contributed by atoms with van der Waals surface area (Å²) in [4.78, 5) is 23.7. The van der Waals surface area contributed by atoms with Crippen LogP contribution < -0.4 is 10.6 Å². The molecule has 10 heteroatoms. The number of halogens is 3. The number of carbonyl (C=O) groups is 2. The summed E-state index contributed by atoms with van der Waals surface area (Å²) in [6.45, 7) is -1.53. The molecule has 2 heterocycles. The van der Waals surface area contributed by atoms with Crippen molar-refractivity contribution in [2.75, 3.05) is 11.9 Å².